The fraction of sp³-hybridized carbons (Fsp3) is 0.176. The molecule has 0 spiro atoms. The van der Waals surface area contributed by atoms with Crippen LogP contribution in [0.4, 0.5) is 0 Å². The first kappa shape index (κ1) is 19.6. The Hall–Kier alpha value is -2.72. The van der Waals surface area contributed by atoms with Crippen LogP contribution in [0.2, 0.25) is 0 Å². The first-order chi connectivity index (χ1) is 12.2. The van der Waals surface area contributed by atoms with Gasteiger partial charge in [-0.15, -0.1) is 0 Å². The third-order valence-corrected chi connectivity index (χ3v) is 3.94. The van der Waals surface area contributed by atoms with Crippen LogP contribution < -0.4 is 11.1 Å². The van der Waals surface area contributed by atoms with Gasteiger partial charge in [0.1, 0.15) is 6.04 Å². The molecule has 2 aromatic carbocycles. The highest BCUT2D eigenvalue weighted by Gasteiger charge is 2.32. The smallest absolute Gasteiger partial charge is 0.394 e. The van der Waals surface area contributed by atoms with Gasteiger partial charge in [-0.3, -0.25) is 4.79 Å². The van der Waals surface area contributed by atoms with E-state index in [4.69, 9.17) is 10.8 Å². The number of hydrogen-bond donors (Lipinski definition) is 6. The summed E-state index contributed by atoms with van der Waals surface area (Å²) in [5, 5.41) is 40.2. The monoisotopic (exact) mass is 359 g/mol. The molecule has 2 rings (SSSR count). The van der Waals surface area contributed by atoms with Crippen molar-refractivity contribution in [2.45, 2.75) is 18.4 Å². The van der Waals surface area contributed by atoms with Crippen LogP contribution in [-0.2, 0) is 11.2 Å². The highest BCUT2D eigenvalue weighted by molar-refractivity contribution is 6.58. The number of carbonyl (C=O) groups is 2. The average Bonchev–Trinajstić information content (AvgIpc) is 2.60. The van der Waals surface area contributed by atoms with E-state index in [1.54, 1.807) is 36.4 Å². The quantitative estimate of drug-likeness (QED) is 0.367. The maximum atomic E-state index is 12.3. The minimum atomic E-state index is -3.91. The van der Waals surface area contributed by atoms with Crippen molar-refractivity contribution in [1.82, 2.24) is 5.32 Å². The van der Waals surface area contributed by atoms with Gasteiger partial charge in [0, 0.05) is 0 Å². The van der Waals surface area contributed by atoms with Crippen LogP contribution in [-0.4, -0.2) is 44.8 Å². The number of hydrogen-bond acceptors (Lipinski definition) is 6. The van der Waals surface area contributed by atoms with Gasteiger partial charge >= 0.3 is 12.7 Å². The number of aromatic carboxylic acids is 1. The Balaban J connectivity index is 2.16. The van der Waals surface area contributed by atoms with Crippen molar-refractivity contribution < 1.29 is 29.8 Å². The minimum absolute atomic E-state index is 0.000447. The molecule has 7 N–H and O–H groups in total. The number of nitrogens with two attached hydrogens (primary N) is 1. The number of rotatable bonds is 7. The van der Waals surface area contributed by atoms with E-state index in [-0.39, 0.29) is 12.0 Å². The number of carboxylic acid groups (broad SMARTS) is 1. The predicted molar refractivity (Wildman–Crippen MR) is 94.8 cm³/mol. The lowest BCUT2D eigenvalue weighted by atomic mass is 9.67. The van der Waals surface area contributed by atoms with Crippen LogP contribution in [0.25, 0.3) is 0 Å². The summed E-state index contributed by atoms with van der Waals surface area (Å²) in [6.07, 6.45) is -0.197. The molecule has 26 heavy (non-hydrogen) atoms. The van der Waals surface area contributed by atoms with E-state index < -0.39 is 30.6 Å². The summed E-state index contributed by atoms with van der Waals surface area (Å²) in [6.45, 7) is -3.91. The maximum Gasteiger partial charge on any atom is 0.394 e. The first-order valence-corrected chi connectivity index (χ1v) is 7.93. The van der Waals surface area contributed by atoms with E-state index >= 15 is 0 Å². The zero-order valence-corrected chi connectivity index (χ0v) is 13.8. The second-order valence-electron chi connectivity index (χ2n) is 6.01. The van der Waals surface area contributed by atoms with Gasteiger partial charge in [0.05, 0.1) is 5.56 Å². The molecule has 0 aliphatic rings. The fourth-order valence-corrected chi connectivity index (χ4v) is 2.49. The summed E-state index contributed by atoms with van der Waals surface area (Å²) in [5.41, 5.74) is 6.77. The molecule has 0 radical (unpaired) electrons. The van der Waals surface area contributed by atoms with Gasteiger partial charge in [-0.2, -0.15) is 0 Å². The summed E-state index contributed by atoms with van der Waals surface area (Å²) >= 11 is 0. The Morgan fingerprint density at radius 2 is 1.69 bits per heavy atom. The largest absolute Gasteiger partial charge is 0.558 e. The third kappa shape index (κ3) is 5.14. The molecule has 0 fully saturated rings. The van der Waals surface area contributed by atoms with Crippen LogP contribution in [0.3, 0.4) is 0 Å². The molecule has 8 nitrogen and oxygen atoms in total. The molecule has 138 valence electrons. The lowest BCUT2D eigenvalue weighted by Crippen LogP contribution is -2.60. The molecule has 0 saturated heterocycles. The lowest BCUT2D eigenvalue weighted by Gasteiger charge is -2.33. The third-order valence-electron chi connectivity index (χ3n) is 3.94. The van der Waals surface area contributed by atoms with Gasteiger partial charge in [-0.05, 0) is 35.6 Å². The second-order valence-corrected chi connectivity index (χ2v) is 6.01. The zero-order chi connectivity index (χ0) is 19.3. The average molecular weight is 359 g/mol. The van der Waals surface area contributed by atoms with E-state index in [1.165, 1.54) is 18.2 Å². The van der Waals surface area contributed by atoms with Crippen LogP contribution in [0.1, 0.15) is 27.5 Å². The Bertz CT molecular complexity index is 778. The topological polar surface area (TPSA) is 153 Å². The van der Waals surface area contributed by atoms with Crippen molar-refractivity contribution in [3.05, 3.63) is 71.3 Å². The molecular formula is C17H20BN2O6-. The molecule has 0 aliphatic heterocycles. The van der Waals surface area contributed by atoms with Gasteiger partial charge in [0.15, 0.2) is 0 Å². The molecule has 2 atom stereocenters. The first-order valence-electron chi connectivity index (χ1n) is 7.93. The standard InChI is InChI=1S/C17H20BN2O6/c19-15(12-6-2-1-3-7-12)16(21)20-14(18(24,25)26)10-11-5-4-8-13(9-11)17(22)23/h1-9,14-15,24-26H,10,19H2,(H,20,21)(H,22,23)/q-1/t14-,15+/m0/s1. The van der Waals surface area contributed by atoms with Crippen molar-refractivity contribution in [1.29, 1.82) is 0 Å². The molecule has 0 bridgehead atoms. The molecule has 0 saturated carbocycles. The van der Waals surface area contributed by atoms with Gasteiger partial charge in [0.25, 0.3) is 0 Å². The Kier molecular flexibility index (Phi) is 6.12. The second kappa shape index (κ2) is 8.11. The number of carboxylic acids is 1. The summed E-state index contributed by atoms with van der Waals surface area (Å²) in [7, 11) is 0. The molecule has 0 unspecified atom stereocenters. The fourth-order valence-electron chi connectivity index (χ4n) is 2.49. The molecule has 1 amide bonds. The van der Waals surface area contributed by atoms with Gasteiger partial charge in [0.2, 0.25) is 5.91 Å². The van der Waals surface area contributed by atoms with Crippen molar-refractivity contribution in [3.63, 3.8) is 0 Å². The van der Waals surface area contributed by atoms with E-state index in [0.29, 0.717) is 11.1 Å². The van der Waals surface area contributed by atoms with Gasteiger partial charge in [-0.25, -0.2) is 4.79 Å². The van der Waals surface area contributed by atoms with Gasteiger partial charge < -0.3 is 31.2 Å². The molecule has 9 heteroatoms. The van der Waals surface area contributed by atoms with Crippen LogP contribution in [0.5, 0.6) is 0 Å². The summed E-state index contributed by atoms with van der Waals surface area (Å²) < 4.78 is 0. The number of amides is 1. The maximum absolute atomic E-state index is 12.3. The van der Waals surface area contributed by atoms with E-state index in [1.807, 2.05) is 0 Å². The number of nitrogens with one attached hydrogen (secondary N) is 1. The summed E-state index contributed by atoms with van der Waals surface area (Å²) in [5.74, 6) is -3.31. The SMILES string of the molecule is N[C@@H](C(=O)N[C@@H](Cc1cccc(C(=O)O)c1)[B-](O)(O)O)c1ccccc1. The number of benzene rings is 2. The van der Waals surface area contributed by atoms with Crippen LogP contribution >= 0.6 is 0 Å². The van der Waals surface area contributed by atoms with E-state index in [2.05, 4.69) is 5.32 Å². The molecule has 2 aromatic rings. The highest BCUT2D eigenvalue weighted by atomic mass is 16.5. The highest BCUT2D eigenvalue weighted by Crippen LogP contribution is 2.14. The summed E-state index contributed by atoms with van der Waals surface area (Å²) in [6, 6.07) is 13.1. The Labute approximate surface area is 149 Å². The van der Waals surface area contributed by atoms with Gasteiger partial charge in [-0.1, -0.05) is 42.5 Å². The van der Waals surface area contributed by atoms with Crippen molar-refractivity contribution in [2.75, 3.05) is 0 Å². The lowest BCUT2D eigenvalue weighted by molar-refractivity contribution is -0.123. The molecule has 0 aliphatic carbocycles. The van der Waals surface area contributed by atoms with Crippen LogP contribution in [0, 0.1) is 0 Å². The van der Waals surface area contributed by atoms with Crippen molar-refractivity contribution in [2.24, 2.45) is 5.73 Å². The Morgan fingerprint density at radius 3 is 2.27 bits per heavy atom. The minimum Gasteiger partial charge on any atom is -0.558 e. The molecule has 0 aromatic heterocycles. The van der Waals surface area contributed by atoms with Crippen LogP contribution in [0.15, 0.2) is 54.6 Å². The molecule has 0 heterocycles. The molecular weight excluding hydrogens is 339 g/mol. The van der Waals surface area contributed by atoms with E-state index in [0.717, 1.165) is 0 Å². The summed E-state index contributed by atoms with van der Waals surface area (Å²) in [4.78, 5) is 23.3. The predicted octanol–water partition coefficient (Wildman–Crippen LogP) is -0.433. The normalized spacial score (nSPS) is 13.7. The zero-order valence-electron chi connectivity index (χ0n) is 13.8. The van der Waals surface area contributed by atoms with E-state index in [9.17, 15) is 24.7 Å². The van der Waals surface area contributed by atoms with Crippen molar-refractivity contribution >= 4 is 18.6 Å². The Morgan fingerprint density at radius 1 is 1.04 bits per heavy atom. The van der Waals surface area contributed by atoms with Crippen molar-refractivity contribution in [3.8, 4) is 0 Å². The number of carbonyl (C=O) groups excluding carboxylic acids is 1.